The van der Waals surface area contributed by atoms with Gasteiger partial charge in [-0.2, -0.15) is 0 Å². The first-order valence-corrected chi connectivity index (χ1v) is 4.64. The molecule has 0 aliphatic rings. The Bertz CT molecular complexity index is 281. The van der Waals surface area contributed by atoms with Crippen LogP contribution in [-0.4, -0.2) is 0 Å². The summed E-state index contributed by atoms with van der Waals surface area (Å²) in [7, 11) is 0. The second-order valence-corrected chi connectivity index (χ2v) is 3.19. The minimum absolute atomic E-state index is 0.686. The van der Waals surface area contributed by atoms with Gasteiger partial charge in [0.2, 0.25) is 0 Å². The fourth-order valence-electron chi connectivity index (χ4n) is 1.39. The monoisotopic (exact) mass is 183 g/mol. The van der Waals surface area contributed by atoms with Gasteiger partial charge in [-0.05, 0) is 30.0 Å². The van der Waals surface area contributed by atoms with Gasteiger partial charge in [0, 0.05) is 0 Å². The van der Waals surface area contributed by atoms with Crippen molar-refractivity contribution >= 4 is 17.3 Å². The Balaban J connectivity index is 3.25. The highest BCUT2D eigenvalue weighted by Crippen LogP contribution is 2.27. The molecule has 0 amide bonds. The minimum Gasteiger partial charge on any atom is -0.398 e. The molecule has 0 radical (unpaired) electrons. The van der Waals surface area contributed by atoms with E-state index in [-0.39, 0.29) is 0 Å². The molecule has 12 heavy (non-hydrogen) atoms. The number of benzene rings is 1. The van der Waals surface area contributed by atoms with E-state index in [0.29, 0.717) is 5.69 Å². The lowest BCUT2D eigenvalue weighted by atomic mass is 10.0. The summed E-state index contributed by atoms with van der Waals surface area (Å²) in [5.74, 6) is 0. The largest absolute Gasteiger partial charge is 0.398 e. The summed E-state index contributed by atoms with van der Waals surface area (Å²) in [5, 5.41) is 0.733. The molecular formula is C10H14ClN. The molecule has 0 aromatic heterocycles. The van der Waals surface area contributed by atoms with E-state index >= 15 is 0 Å². The maximum Gasteiger partial charge on any atom is 0.0670 e. The average molecular weight is 184 g/mol. The zero-order chi connectivity index (χ0) is 9.14. The Morgan fingerprint density at radius 2 is 1.92 bits per heavy atom. The van der Waals surface area contributed by atoms with Crippen molar-refractivity contribution in [2.45, 2.75) is 26.7 Å². The molecule has 1 rings (SSSR count). The van der Waals surface area contributed by atoms with Crippen molar-refractivity contribution in [2.24, 2.45) is 0 Å². The zero-order valence-corrected chi connectivity index (χ0v) is 8.28. The molecule has 0 fully saturated rings. The second kappa shape index (κ2) is 3.81. The van der Waals surface area contributed by atoms with Crippen molar-refractivity contribution < 1.29 is 0 Å². The van der Waals surface area contributed by atoms with Gasteiger partial charge >= 0.3 is 0 Å². The van der Waals surface area contributed by atoms with Crippen LogP contribution in [0.25, 0.3) is 0 Å². The van der Waals surface area contributed by atoms with Crippen LogP contribution >= 0.6 is 11.6 Å². The Labute approximate surface area is 78.5 Å². The molecule has 0 aliphatic carbocycles. The molecule has 0 spiro atoms. The molecule has 0 heterocycles. The average Bonchev–Trinajstić information content (AvgIpc) is 2.09. The van der Waals surface area contributed by atoms with Gasteiger partial charge in [0.05, 0.1) is 10.7 Å². The number of aryl methyl sites for hydroxylation is 1. The lowest BCUT2D eigenvalue weighted by molar-refractivity contribution is 1.04. The molecule has 0 saturated carbocycles. The molecule has 0 saturated heterocycles. The third-order valence-corrected chi connectivity index (χ3v) is 2.55. The molecule has 1 aromatic carbocycles. The van der Waals surface area contributed by atoms with Crippen LogP contribution in [0.15, 0.2) is 12.1 Å². The second-order valence-electron chi connectivity index (χ2n) is 2.81. The summed E-state index contributed by atoms with van der Waals surface area (Å²) in [6.45, 7) is 4.22. The summed E-state index contributed by atoms with van der Waals surface area (Å²) >= 11 is 6.05. The van der Waals surface area contributed by atoms with Crippen molar-refractivity contribution in [2.75, 3.05) is 5.73 Å². The van der Waals surface area contributed by atoms with E-state index in [2.05, 4.69) is 19.9 Å². The summed E-state index contributed by atoms with van der Waals surface area (Å²) in [4.78, 5) is 0. The van der Waals surface area contributed by atoms with E-state index in [4.69, 9.17) is 17.3 Å². The molecule has 2 heteroatoms. The van der Waals surface area contributed by atoms with Crippen LogP contribution < -0.4 is 5.73 Å². The lowest BCUT2D eigenvalue weighted by Crippen LogP contribution is -1.96. The van der Waals surface area contributed by atoms with Crippen LogP contribution in [0, 0.1) is 0 Å². The third-order valence-electron chi connectivity index (χ3n) is 2.10. The van der Waals surface area contributed by atoms with Crippen molar-refractivity contribution in [3.05, 3.63) is 28.3 Å². The predicted molar refractivity (Wildman–Crippen MR) is 54.6 cm³/mol. The molecule has 0 atom stereocenters. The normalized spacial score (nSPS) is 10.2. The van der Waals surface area contributed by atoms with E-state index in [0.717, 1.165) is 17.9 Å². The maximum absolute atomic E-state index is 6.05. The first kappa shape index (κ1) is 9.40. The summed E-state index contributed by atoms with van der Waals surface area (Å²) in [6, 6.07) is 3.93. The molecule has 66 valence electrons. The van der Waals surface area contributed by atoms with Crippen molar-refractivity contribution in [3.8, 4) is 0 Å². The molecule has 0 bridgehead atoms. The Morgan fingerprint density at radius 1 is 1.25 bits per heavy atom. The highest BCUT2D eigenvalue weighted by molar-refractivity contribution is 6.33. The summed E-state index contributed by atoms with van der Waals surface area (Å²) < 4.78 is 0. The SMILES string of the molecule is CCc1ccc(N)c(Cl)c1CC. The van der Waals surface area contributed by atoms with Crippen molar-refractivity contribution in [3.63, 3.8) is 0 Å². The Kier molecular flexibility index (Phi) is 2.99. The topological polar surface area (TPSA) is 26.0 Å². The van der Waals surface area contributed by atoms with Gasteiger partial charge < -0.3 is 5.73 Å². The standard InChI is InChI=1S/C10H14ClN/c1-3-7-5-6-9(12)10(11)8(7)4-2/h5-6H,3-4,12H2,1-2H3. The van der Waals surface area contributed by atoms with E-state index < -0.39 is 0 Å². The van der Waals surface area contributed by atoms with Gasteiger partial charge in [0.15, 0.2) is 0 Å². The van der Waals surface area contributed by atoms with Gasteiger partial charge in [-0.1, -0.05) is 31.5 Å². The smallest absolute Gasteiger partial charge is 0.0670 e. The molecule has 2 N–H and O–H groups in total. The highest BCUT2D eigenvalue weighted by Gasteiger charge is 2.06. The van der Waals surface area contributed by atoms with Gasteiger partial charge in [-0.15, -0.1) is 0 Å². The first-order chi connectivity index (χ1) is 5.70. The number of anilines is 1. The van der Waals surface area contributed by atoms with Gasteiger partial charge in [0.1, 0.15) is 0 Å². The van der Waals surface area contributed by atoms with Crippen LogP contribution in [0.3, 0.4) is 0 Å². The van der Waals surface area contributed by atoms with Crippen LogP contribution in [0.4, 0.5) is 5.69 Å². The fourth-order valence-corrected chi connectivity index (χ4v) is 1.71. The molecular weight excluding hydrogens is 170 g/mol. The molecule has 0 aliphatic heterocycles. The third kappa shape index (κ3) is 1.56. The summed E-state index contributed by atoms with van der Waals surface area (Å²) in [5.41, 5.74) is 8.87. The minimum atomic E-state index is 0.686. The highest BCUT2D eigenvalue weighted by atomic mass is 35.5. The number of nitrogens with two attached hydrogens (primary N) is 1. The summed E-state index contributed by atoms with van der Waals surface area (Å²) in [6.07, 6.45) is 1.97. The number of rotatable bonds is 2. The van der Waals surface area contributed by atoms with Crippen LogP contribution in [0.2, 0.25) is 5.02 Å². The molecule has 1 nitrogen and oxygen atoms in total. The van der Waals surface area contributed by atoms with Crippen LogP contribution in [0.5, 0.6) is 0 Å². The predicted octanol–water partition coefficient (Wildman–Crippen LogP) is 3.05. The van der Waals surface area contributed by atoms with E-state index in [1.807, 2.05) is 6.07 Å². The molecule has 0 unspecified atom stereocenters. The number of halogens is 1. The van der Waals surface area contributed by atoms with E-state index in [1.165, 1.54) is 11.1 Å². The fraction of sp³-hybridized carbons (Fsp3) is 0.400. The number of hydrogen-bond acceptors (Lipinski definition) is 1. The van der Waals surface area contributed by atoms with Gasteiger partial charge in [-0.25, -0.2) is 0 Å². The van der Waals surface area contributed by atoms with Crippen molar-refractivity contribution in [1.29, 1.82) is 0 Å². The number of nitrogen functional groups attached to an aromatic ring is 1. The molecule has 1 aromatic rings. The quantitative estimate of drug-likeness (QED) is 0.701. The maximum atomic E-state index is 6.05. The Morgan fingerprint density at radius 3 is 2.42 bits per heavy atom. The Hall–Kier alpha value is -0.690. The lowest BCUT2D eigenvalue weighted by Gasteiger charge is -2.09. The van der Waals surface area contributed by atoms with E-state index in [9.17, 15) is 0 Å². The van der Waals surface area contributed by atoms with E-state index in [1.54, 1.807) is 0 Å². The zero-order valence-electron chi connectivity index (χ0n) is 7.52. The number of hydrogen-bond donors (Lipinski definition) is 1. The van der Waals surface area contributed by atoms with Crippen LogP contribution in [-0.2, 0) is 12.8 Å². The van der Waals surface area contributed by atoms with Crippen molar-refractivity contribution in [1.82, 2.24) is 0 Å². The first-order valence-electron chi connectivity index (χ1n) is 4.26. The van der Waals surface area contributed by atoms with Crippen LogP contribution in [0.1, 0.15) is 25.0 Å². The van der Waals surface area contributed by atoms with Gasteiger partial charge in [0.25, 0.3) is 0 Å². The van der Waals surface area contributed by atoms with Gasteiger partial charge in [-0.3, -0.25) is 0 Å².